The van der Waals surface area contributed by atoms with E-state index < -0.39 is 21.7 Å². The van der Waals surface area contributed by atoms with Gasteiger partial charge in [-0.3, -0.25) is 9.52 Å². The highest BCUT2D eigenvalue weighted by molar-refractivity contribution is 7.92. The van der Waals surface area contributed by atoms with Crippen LogP contribution in [0.25, 0.3) is 0 Å². The Morgan fingerprint density at radius 2 is 1.88 bits per heavy atom. The second-order valence-electron chi connectivity index (χ2n) is 4.64. The standard InChI is InChI=1S/C16H12ClFN2O3S/c1-2-9-19-16(21)11-3-8-14(17)15(10-11)24(22,23)20-13-6-4-12(18)5-7-13/h1,3-8,10,20H,9H2,(H,19,21). The van der Waals surface area contributed by atoms with Gasteiger partial charge < -0.3 is 5.32 Å². The largest absolute Gasteiger partial charge is 0.341 e. The van der Waals surface area contributed by atoms with E-state index in [2.05, 4.69) is 16.0 Å². The second kappa shape index (κ2) is 7.34. The summed E-state index contributed by atoms with van der Waals surface area (Å²) in [6.07, 6.45) is 5.06. The van der Waals surface area contributed by atoms with Crippen LogP contribution >= 0.6 is 11.6 Å². The van der Waals surface area contributed by atoms with Crippen LogP contribution in [0.5, 0.6) is 0 Å². The number of carbonyl (C=O) groups excluding carboxylic acids is 1. The number of terminal acetylenes is 1. The van der Waals surface area contributed by atoms with Crippen LogP contribution < -0.4 is 10.0 Å². The molecule has 0 saturated carbocycles. The van der Waals surface area contributed by atoms with E-state index in [0.29, 0.717) is 0 Å². The molecular weight excluding hydrogens is 355 g/mol. The average Bonchev–Trinajstić information content (AvgIpc) is 2.54. The maximum Gasteiger partial charge on any atom is 0.263 e. The van der Waals surface area contributed by atoms with E-state index in [1.165, 1.54) is 24.3 Å². The lowest BCUT2D eigenvalue weighted by Gasteiger charge is -2.11. The number of halogens is 2. The highest BCUT2D eigenvalue weighted by Crippen LogP contribution is 2.25. The quantitative estimate of drug-likeness (QED) is 0.799. The minimum atomic E-state index is -4.06. The van der Waals surface area contributed by atoms with Crippen molar-refractivity contribution in [2.75, 3.05) is 11.3 Å². The molecule has 0 heterocycles. The third kappa shape index (κ3) is 4.25. The topological polar surface area (TPSA) is 75.3 Å². The molecule has 0 aliphatic rings. The molecular formula is C16H12ClFN2O3S. The third-order valence-electron chi connectivity index (χ3n) is 2.93. The minimum absolute atomic E-state index is 0.0113. The van der Waals surface area contributed by atoms with Gasteiger partial charge in [-0.05, 0) is 42.5 Å². The summed E-state index contributed by atoms with van der Waals surface area (Å²) in [5.74, 6) is 1.22. The van der Waals surface area contributed by atoms with Crippen LogP contribution in [0.1, 0.15) is 10.4 Å². The normalized spacial score (nSPS) is 10.7. The number of nitrogens with one attached hydrogen (secondary N) is 2. The zero-order chi connectivity index (χ0) is 17.7. The van der Waals surface area contributed by atoms with Gasteiger partial charge in [0.2, 0.25) is 0 Å². The average molecular weight is 367 g/mol. The highest BCUT2D eigenvalue weighted by atomic mass is 35.5. The molecule has 0 atom stereocenters. The fraction of sp³-hybridized carbons (Fsp3) is 0.0625. The van der Waals surface area contributed by atoms with Gasteiger partial charge in [-0.15, -0.1) is 6.42 Å². The monoisotopic (exact) mass is 366 g/mol. The fourth-order valence-corrected chi connectivity index (χ4v) is 3.40. The van der Waals surface area contributed by atoms with Crippen molar-refractivity contribution < 1.29 is 17.6 Å². The van der Waals surface area contributed by atoms with Gasteiger partial charge in [0.15, 0.2) is 0 Å². The first-order valence-electron chi connectivity index (χ1n) is 6.63. The van der Waals surface area contributed by atoms with Crippen molar-refractivity contribution >= 4 is 33.2 Å². The van der Waals surface area contributed by atoms with Crippen molar-refractivity contribution in [2.24, 2.45) is 0 Å². The van der Waals surface area contributed by atoms with E-state index >= 15 is 0 Å². The molecule has 5 nitrogen and oxygen atoms in total. The van der Waals surface area contributed by atoms with Crippen molar-refractivity contribution in [2.45, 2.75) is 4.90 Å². The van der Waals surface area contributed by atoms with Crippen LogP contribution in [0.2, 0.25) is 5.02 Å². The first kappa shape index (κ1) is 17.8. The summed E-state index contributed by atoms with van der Waals surface area (Å²) in [7, 11) is -4.06. The van der Waals surface area contributed by atoms with Crippen molar-refractivity contribution in [3.05, 3.63) is 58.9 Å². The maximum atomic E-state index is 12.9. The van der Waals surface area contributed by atoms with Gasteiger partial charge in [-0.25, -0.2) is 12.8 Å². The van der Waals surface area contributed by atoms with Gasteiger partial charge in [0.1, 0.15) is 10.7 Å². The van der Waals surface area contributed by atoms with E-state index in [4.69, 9.17) is 18.0 Å². The molecule has 2 N–H and O–H groups in total. The van der Waals surface area contributed by atoms with Crippen LogP contribution in [-0.2, 0) is 10.0 Å². The van der Waals surface area contributed by atoms with Crippen LogP contribution in [-0.4, -0.2) is 20.9 Å². The Bertz CT molecular complexity index is 906. The lowest BCUT2D eigenvalue weighted by Crippen LogP contribution is -2.24. The van der Waals surface area contributed by atoms with E-state index in [1.54, 1.807) is 0 Å². The minimum Gasteiger partial charge on any atom is -0.341 e. The number of carbonyl (C=O) groups is 1. The Labute approximate surface area is 143 Å². The molecule has 8 heteroatoms. The zero-order valence-corrected chi connectivity index (χ0v) is 13.8. The molecule has 0 unspecified atom stereocenters. The summed E-state index contributed by atoms with van der Waals surface area (Å²) in [6, 6.07) is 8.58. The molecule has 2 aromatic rings. The van der Waals surface area contributed by atoms with Crippen LogP contribution in [0, 0.1) is 18.2 Å². The van der Waals surface area contributed by atoms with Gasteiger partial charge in [0.05, 0.1) is 11.6 Å². The van der Waals surface area contributed by atoms with E-state index in [9.17, 15) is 17.6 Å². The van der Waals surface area contributed by atoms with Gasteiger partial charge in [0.25, 0.3) is 15.9 Å². The van der Waals surface area contributed by atoms with Crippen LogP contribution in [0.3, 0.4) is 0 Å². The summed E-state index contributed by atoms with van der Waals surface area (Å²) in [4.78, 5) is 11.6. The lowest BCUT2D eigenvalue weighted by molar-refractivity contribution is 0.0958. The van der Waals surface area contributed by atoms with Crippen molar-refractivity contribution in [3.63, 3.8) is 0 Å². The maximum absolute atomic E-state index is 12.9. The number of benzene rings is 2. The molecule has 0 aliphatic heterocycles. The SMILES string of the molecule is C#CCNC(=O)c1ccc(Cl)c(S(=O)(=O)Nc2ccc(F)cc2)c1. The van der Waals surface area contributed by atoms with Crippen LogP contribution in [0.4, 0.5) is 10.1 Å². The molecule has 0 bridgehead atoms. The molecule has 2 aromatic carbocycles. The van der Waals surface area contributed by atoms with Crippen LogP contribution in [0.15, 0.2) is 47.4 Å². The number of amides is 1. The number of sulfonamides is 1. The predicted octanol–water partition coefficient (Wildman–Crippen LogP) is 2.64. The molecule has 2 rings (SSSR count). The van der Waals surface area contributed by atoms with E-state index in [1.807, 2.05) is 0 Å². The molecule has 1 amide bonds. The van der Waals surface area contributed by atoms with Gasteiger partial charge in [0, 0.05) is 11.3 Å². The Kier molecular flexibility index (Phi) is 5.44. The van der Waals surface area contributed by atoms with Gasteiger partial charge >= 0.3 is 0 Å². The smallest absolute Gasteiger partial charge is 0.263 e. The van der Waals surface area contributed by atoms with E-state index in [-0.39, 0.29) is 27.7 Å². The molecule has 0 radical (unpaired) electrons. The van der Waals surface area contributed by atoms with Gasteiger partial charge in [-0.1, -0.05) is 17.5 Å². The number of hydrogen-bond acceptors (Lipinski definition) is 3. The predicted molar refractivity (Wildman–Crippen MR) is 89.8 cm³/mol. The fourth-order valence-electron chi connectivity index (χ4n) is 1.81. The first-order chi connectivity index (χ1) is 11.3. The Morgan fingerprint density at radius 3 is 2.50 bits per heavy atom. The Balaban J connectivity index is 2.33. The summed E-state index contributed by atoms with van der Waals surface area (Å²) >= 11 is 5.94. The number of hydrogen-bond donors (Lipinski definition) is 2. The molecule has 0 spiro atoms. The molecule has 0 fully saturated rings. The van der Waals surface area contributed by atoms with E-state index in [0.717, 1.165) is 18.2 Å². The molecule has 124 valence electrons. The lowest BCUT2D eigenvalue weighted by atomic mass is 10.2. The summed E-state index contributed by atoms with van der Waals surface area (Å²) < 4.78 is 40.0. The first-order valence-corrected chi connectivity index (χ1v) is 8.49. The van der Waals surface area contributed by atoms with Gasteiger partial charge in [-0.2, -0.15) is 0 Å². The molecule has 0 aromatic heterocycles. The van der Waals surface area contributed by atoms with Crippen molar-refractivity contribution in [3.8, 4) is 12.3 Å². The molecule has 24 heavy (non-hydrogen) atoms. The second-order valence-corrected chi connectivity index (χ2v) is 6.70. The summed E-state index contributed by atoms with van der Waals surface area (Å²) in [6.45, 7) is 0.0113. The molecule has 0 aliphatic carbocycles. The highest BCUT2D eigenvalue weighted by Gasteiger charge is 2.20. The summed E-state index contributed by atoms with van der Waals surface area (Å²) in [5.41, 5.74) is 0.254. The Morgan fingerprint density at radius 1 is 1.21 bits per heavy atom. The van der Waals surface area contributed by atoms with Crippen molar-refractivity contribution in [1.29, 1.82) is 0 Å². The van der Waals surface area contributed by atoms with Crippen molar-refractivity contribution in [1.82, 2.24) is 5.32 Å². The number of rotatable bonds is 5. The zero-order valence-electron chi connectivity index (χ0n) is 12.2. The Hall–Kier alpha value is -2.56. The summed E-state index contributed by atoms with van der Waals surface area (Å²) in [5, 5.41) is 2.37. The molecule has 0 saturated heterocycles. The number of anilines is 1. The third-order valence-corrected chi connectivity index (χ3v) is 4.79.